The van der Waals surface area contributed by atoms with Gasteiger partial charge in [-0.05, 0) is 36.6 Å². The third kappa shape index (κ3) is 2.71. The summed E-state index contributed by atoms with van der Waals surface area (Å²) in [5, 5.41) is 4.58. The van der Waals surface area contributed by atoms with E-state index < -0.39 is 0 Å². The number of hydrogen-bond donors (Lipinski definition) is 2. The molecular formula is C23H23N7O. The molecule has 31 heavy (non-hydrogen) atoms. The van der Waals surface area contributed by atoms with Crippen LogP contribution in [0.4, 0.5) is 5.82 Å². The summed E-state index contributed by atoms with van der Waals surface area (Å²) < 4.78 is 7.95. The van der Waals surface area contributed by atoms with Gasteiger partial charge < -0.3 is 20.4 Å². The SMILES string of the molecule is Cn1c(C2NCC23CCC3)c(-c2ccc(Oc3ncccn3)cc2)c2c(N)ncnc21. The summed E-state index contributed by atoms with van der Waals surface area (Å²) in [4.78, 5) is 17.1. The summed E-state index contributed by atoms with van der Waals surface area (Å²) in [6, 6.07) is 10.3. The van der Waals surface area contributed by atoms with Crippen molar-refractivity contribution in [1.82, 2.24) is 29.8 Å². The van der Waals surface area contributed by atoms with E-state index in [4.69, 9.17) is 10.5 Å². The summed E-state index contributed by atoms with van der Waals surface area (Å²) >= 11 is 0. The lowest BCUT2D eigenvalue weighted by Crippen LogP contribution is -2.60. The van der Waals surface area contributed by atoms with Crippen molar-refractivity contribution in [2.75, 3.05) is 12.3 Å². The van der Waals surface area contributed by atoms with E-state index in [-0.39, 0.29) is 0 Å². The number of aryl methyl sites for hydroxylation is 1. The molecule has 0 amide bonds. The van der Waals surface area contributed by atoms with Gasteiger partial charge >= 0.3 is 6.01 Å². The van der Waals surface area contributed by atoms with Crippen molar-refractivity contribution in [3.05, 3.63) is 54.7 Å². The number of benzene rings is 1. The first-order valence-electron chi connectivity index (χ1n) is 10.5. The van der Waals surface area contributed by atoms with E-state index in [0.29, 0.717) is 29.0 Å². The molecule has 1 spiro atoms. The molecule has 2 aliphatic rings. The Balaban J connectivity index is 1.47. The molecule has 4 heterocycles. The fraction of sp³-hybridized carbons (Fsp3) is 0.304. The second-order valence-electron chi connectivity index (χ2n) is 8.46. The van der Waals surface area contributed by atoms with Crippen LogP contribution in [-0.2, 0) is 7.05 Å². The molecule has 1 atom stereocenters. The van der Waals surface area contributed by atoms with Crippen LogP contribution in [0.25, 0.3) is 22.2 Å². The molecule has 8 nitrogen and oxygen atoms in total. The zero-order chi connectivity index (χ0) is 21.0. The molecule has 1 aliphatic heterocycles. The summed E-state index contributed by atoms with van der Waals surface area (Å²) in [5.74, 6) is 1.18. The number of nitrogen functional groups attached to an aromatic ring is 1. The van der Waals surface area contributed by atoms with Gasteiger partial charge in [-0.25, -0.2) is 19.9 Å². The Morgan fingerprint density at radius 1 is 1.10 bits per heavy atom. The fourth-order valence-electron chi connectivity index (χ4n) is 5.03. The number of nitrogens with two attached hydrogens (primary N) is 1. The molecule has 8 heteroatoms. The molecule has 1 saturated heterocycles. The van der Waals surface area contributed by atoms with Crippen LogP contribution < -0.4 is 15.8 Å². The van der Waals surface area contributed by atoms with E-state index in [0.717, 1.165) is 28.7 Å². The maximum Gasteiger partial charge on any atom is 0.321 e. The molecule has 3 N–H and O–H groups in total. The molecular weight excluding hydrogens is 390 g/mol. The Kier molecular flexibility index (Phi) is 3.97. The minimum atomic E-state index is 0.295. The van der Waals surface area contributed by atoms with Crippen LogP contribution in [0.1, 0.15) is 31.0 Å². The van der Waals surface area contributed by atoms with Crippen molar-refractivity contribution in [2.45, 2.75) is 25.3 Å². The zero-order valence-corrected chi connectivity index (χ0v) is 17.2. The Labute approximate surface area is 179 Å². The molecule has 1 unspecified atom stereocenters. The van der Waals surface area contributed by atoms with Gasteiger partial charge in [-0.3, -0.25) is 0 Å². The van der Waals surface area contributed by atoms with Crippen LogP contribution >= 0.6 is 0 Å². The highest BCUT2D eigenvalue weighted by Crippen LogP contribution is 2.57. The van der Waals surface area contributed by atoms with Crippen LogP contribution in [0, 0.1) is 5.41 Å². The number of hydrogen-bond acceptors (Lipinski definition) is 7. The van der Waals surface area contributed by atoms with Crippen molar-refractivity contribution in [1.29, 1.82) is 0 Å². The number of fused-ring (bicyclic) bond motifs is 1. The lowest BCUT2D eigenvalue weighted by atomic mass is 9.58. The number of rotatable bonds is 4. The second-order valence-corrected chi connectivity index (χ2v) is 8.46. The lowest BCUT2D eigenvalue weighted by Gasteiger charge is -2.57. The van der Waals surface area contributed by atoms with Crippen LogP contribution in [0.15, 0.2) is 49.1 Å². The largest absolute Gasteiger partial charge is 0.424 e. The number of anilines is 1. The van der Waals surface area contributed by atoms with Crippen LogP contribution in [0.5, 0.6) is 11.8 Å². The average molecular weight is 413 g/mol. The minimum absolute atomic E-state index is 0.295. The van der Waals surface area contributed by atoms with Gasteiger partial charge in [0.2, 0.25) is 0 Å². The molecule has 6 rings (SSSR count). The molecule has 3 aromatic heterocycles. The third-order valence-electron chi connectivity index (χ3n) is 6.83. The van der Waals surface area contributed by atoms with Crippen molar-refractivity contribution < 1.29 is 4.74 Å². The third-order valence-corrected chi connectivity index (χ3v) is 6.83. The van der Waals surface area contributed by atoms with Crippen LogP contribution in [0.3, 0.4) is 0 Å². The molecule has 0 radical (unpaired) electrons. The van der Waals surface area contributed by atoms with Crippen molar-refractivity contribution in [3.8, 4) is 22.9 Å². The molecule has 0 bridgehead atoms. The van der Waals surface area contributed by atoms with E-state index in [1.165, 1.54) is 31.3 Å². The van der Waals surface area contributed by atoms with E-state index in [1.807, 2.05) is 12.1 Å². The highest BCUT2D eigenvalue weighted by atomic mass is 16.5. The van der Waals surface area contributed by atoms with E-state index >= 15 is 0 Å². The number of nitrogens with one attached hydrogen (secondary N) is 1. The molecule has 1 aromatic carbocycles. The molecule has 2 fully saturated rings. The van der Waals surface area contributed by atoms with Crippen LogP contribution in [0.2, 0.25) is 0 Å². The molecule has 1 aliphatic carbocycles. The summed E-state index contributed by atoms with van der Waals surface area (Å²) in [6.07, 6.45) is 8.67. The predicted molar refractivity (Wildman–Crippen MR) is 117 cm³/mol. The monoisotopic (exact) mass is 413 g/mol. The zero-order valence-electron chi connectivity index (χ0n) is 17.2. The van der Waals surface area contributed by atoms with Gasteiger partial charge in [0.1, 0.15) is 23.5 Å². The van der Waals surface area contributed by atoms with Gasteiger partial charge in [0.25, 0.3) is 0 Å². The van der Waals surface area contributed by atoms with E-state index in [1.54, 1.807) is 18.5 Å². The Morgan fingerprint density at radius 2 is 1.87 bits per heavy atom. The first kappa shape index (κ1) is 18.3. The topological polar surface area (TPSA) is 104 Å². The van der Waals surface area contributed by atoms with Crippen molar-refractivity contribution in [3.63, 3.8) is 0 Å². The normalized spacial score (nSPS) is 19.2. The van der Waals surface area contributed by atoms with Crippen LogP contribution in [-0.4, -0.2) is 31.0 Å². The minimum Gasteiger partial charge on any atom is -0.424 e. The van der Waals surface area contributed by atoms with Gasteiger partial charge in [0, 0.05) is 42.7 Å². The van der Waals surface area contributed by atoms with Gasteiger partial charge in [0.15, 0.2) is 0 Å². The van der Waals surface area contributed by atoms with Gasteiger partial charge in [-0.15, -0.1) is 0 Å². The smallest absolute Gasteiger partial charge is 0.321 e. The van der Waals surface area contributed by atoms with Crippen molar-refractivity contribution in [2.24, 2.45) is 12.5 Å². The predicted octanol–water partition coefficient (Wildman–Crippen LogP) is 3.61. The standard InChI is InChI=1S/C23H23N7O/c1-30-18(19-23(12-27-19)8-2-9-23)16(17-20(24)28-13-29-21(17)30)14-4-6-15(7-5-14)31-22-25-10-3-11-26-22/h3-7,10-11,13,19,27H,2,8-9,12H2,1H3,(H2,24,28,29). The maximum absolute atomic E-state index is 6.36. The van der Waals surface area contributed by atoms with E-state index in [9.17, 15) is 0 Å². The summed E-state index contributed by atoms with van der Waals surface area (Å²) in [5.41, 5.74) is 11.0. The number of nitrogens with zero attached hydrogens (tertiary/aromatic N) is 5. The Morgan fingerprint density at radius 3 is 2.52 bits per heavy atom. The molecule has 1 saturated carbocycles. The number of aromatic nitrogens is 5. The summed E-state index contributed by atoms with van der Waals surface area (Å²) in [6.45, 7) is 1.07. The number of ether oxygens (including phenoxy) is 1. The van der Waals surface area contributed by atoms with Gasteiger partial charge in [-0.2, -0.15) is 0 Å². The summed E-state index contributed by atoms with van der Waals surface area (Å²) in [7, 11) is 2.07. The lowest BCUT2D eigenvalue weighted by molar-refractivity contribution is -0.00859. The van der Waals surface area contributed by atoms with Gasteiger partial charge in [-0.1, -0.05) is 18.6 Å². The average Bonchev–Trinajstić information content (AvgIpc) is 3.01. The fourth-order valence-corrected chi connectivity index (χ4v) is 5.03. The quantitative estimate of drug-likeness (QED) is 0.527. The highest BCUT2D eigenvalue weighted by Gasteiger charge is 2.53. The molecule has 4 aromatic rings. The second kappa shape index (κ2) is 6.75. The van der Waals surface area contributed by atoms with E-state index in [2.05, 4.69) is 49.0 Å². The van der Waals surface area contributed by atoms with Crippen molar-refractivity contribution >= 4 is 16.9 Å². The Hall–Kier alpha value is -3.52. The molecule has 156 valence electrons. The Bertz CT molecular complexity index is 1260. The first-order chi connectivity index (χ1) is 15.2. The highest BCUT2D eigenvalue weighted by molar-refractivity contribution is 6.02. The first-order valence-corrected chi connectivity index (χ1v) is 10.5. The maximum atomic E-state index is 6.36. The van der Waals surface area contributed by atoms with Gasteiger partial charge in [0.05, 0.1) is 11.4 Å².